The van der Waals surface area contributed by atoms with Gasteiger partial charge in [0.15, 0.2) is 0 Å². The van der Waals surface area contributed by atoms with E-state index in [9.17, 15) is 4.79 Å². The van der Waals surface area contributed by atoms with Crippen LogP contribution in [0.1, 0.15) is 17.3 Å². The lowest BCUT2D eigenvalue weighted by Crippen LogP contribution is -2.07. The van der Waals surface area contributed by atoms with Gasteiger partial charge in [0.1, 0.15) is 11.4 Å². The molecular weight excluding hydrogens is 298 g/mol. The number of anilines is 1. The molecule has 0 atom stereocenters. The molecule has 2 N–H and O–H groups in total. The Balaban J connectivity index is 2.42. The second-order valence-corrected chi connectivity index (χ2v) is 5.19. The summed E-state index contributed by atoms with van der Waals surface area (Å²) in [6.07, 6.45) is 3.04. The predicted molar refractivity (Wildman–Crippen MR) is 78.0 cm³/mol. The molecule has 0 amide bonds. The number of aromatic nitrogens is 2. The summed E-state index contributed by atoms with van der Waals surface area (Å²) >= 11 is 7.44. The highest BCUT2D eigenvalue weighted by Gasteiger charge is 2.18. The number of nitrogens with zero attached hydrogens (tertiary/aromatic N) is 2. The molecule has 1 aromatic heterocycles. The van der Waals surface area contributed by atoms with Crippen LogP contribution < -0.4 is 5.73 Å². The Morgan fingerprint density at radius 3 is 2.95 bits per heavy atom. The minimum atomic E-state index is -0.460. The monoisotopic (exact) mass is 309 g/mol. The van der Waals surface area contributed by atoms with Gasteiger partial charge in [-0.2, -0.15) is 0 Å². The van der Waals surface area contributed by atoms with Crippen LogP contribution in [0.2, 0.25) is 5.02 Å². The Bertz CT molecular complexity index is 623. The summed E-state index contributed by atoms with van der Waals surface area (Å²) in [5, 5.41) is 1.06. The molecule has 1 aromatic carbocycles. The number of rotatable bonds is 4. The molecular formula is C13H12ClN3O2S. The number of hydrogen-bond donors (Lipinski definition) is 1. The van der Waals surface area contributed by atoms with Gasteiger partial charge in [-0.05, 0) is 25.1 Å². The van der Waals surface area contributed by atoms with E-state index in [1.807, 2.05) is 0 Å². The molecule has 20 heavy (non-hydrogen) atoms. The maximum absolute atomic E-state index is 12.0. The van der Waals surface area contributed by atoms with Crippen molar-refractivity contribution in [3.8, 4) is 0 Å². The molecule has 7 heteroatoms. The van der Waals surface area contributed by atoms with Gasteiger partial charge in [0.2, 0.25) is 0 Å². The standard InChI is InChI=1S/C13H12ClN3O2S/c1-2-19-13(18)9-5-8(15)6-10(14)12(9)20-11-3-4-16-7-17-11/h3-7H,2,15H2,1H3. The maximum Gasteiger partial charge on any atom is 0.339 e. The SMILES string of the molecule is CCOC(=O)c1cc(N)cc(Cl)c1Sc1ccncn1. The molecule has 0 saturated heterocycles. The smallest absolute Gasteiger partial charge is 0.339 e. The fourth-order valence-electron chi connectivity index (χ4n) is 1.52. The molecule has 0 aliphatic heterocycles. The molecule has 0 aliphatic rings. The van der Waals surface area contributed by atoms with Crippen LogP contribution in [0, 0.1) is 0 Å². The Kier molecular flexibility index (Phi) is 4.81. The zero-order valence-electron chi connectivity index (χ0n) is 10.7. The van der Waals surface area contributed by atoms with Crippen molar-refractivity contribution in [2.24, 2.45) is 0 Å². The molecule has 104 valence electrons. The van der Waals surface area contributed by atoms with E-state index in [4.69, 9.17) is 22.1 Å². The van der Waals surface area contributed by atoms with Crippen LogP contribution in [0.4, 0.5) is 5.69 Å². The Hall–Kier alpha value is -1.79. The van der Waals surface area contributed by atoms with Crippen molar-refractivity contribution in [2.45, 2.75) is 16.8 Å². The van der Waals surface area contributed by atoms with Crippen LogP contribution in [0.15, 0.2) is 40.6 Å². The fourth-order valence-corrected chi connectivity index (χ4v) is 2.71. The molecule has 2 aromatic rings. The maximum atomic E-state index is 12.0. The topological polar surface area (TPSA) is 78.1 Å². The first-order chi connectivity index (χ1) is 9.61. The molecule has 0 aliphatic carbocycles. The van der Waals surface area contributed by atoms with Crippen LogP contribution >= 0.6 is 23.4 Å². The number of nitrogen functional groups attached to an aromatic ring is 1. The molecule has 0 fully saturated rings. The zero-order chi connectivity index (χ0) is 14.5. The lowest BCUT2D eigenvalue weighted by atomic mass is 10.2. The van der Waals surface area contributed by atoms with Gasteiger partial charge in [0.25, 0.3) is 0 Å². The fraction of sp³-hybridized carbons (Fsp3) is 0.154. The number of nitrogens with two attached hydrogens (primary N) is 1. The minimum Gasteiger partial charge on any atom is -0.462 e. The molecule has 0 radical (unpaired) electrons. The van der Waals surface area contributed by atoms with Crippen molar-refractivity contribution in [3.63, 3.8) is 0 Å². The lowest BCUT2D eigenvalue weighted by Gasteiger charge is -2.11. The zero-order valence-corrected chi connectivity index (χ0v) is 12.2. The summed E-state index contributed by atoms with van der Waals surface area (Å²) in [5.41, 5.74) is 6.47. The second-order valence-electron chi connectivity index (χ2n) is 3.75. The number of benzene rings is 1. The summed E-state index contributed by atoms with van der Waals surface area (Å²) in [5.74, 6) is -0.460. The van der Waals surface area contributed by atoms with Crippen LogP contribution in [0.25, 0.3) is 0 Å². The summed E-state index contributed by atoms with van der Waals surface area (Å²) < 4.78 is 5.02. The van der Waals surface area contributed by atoms with E-state index in [1.165, 1.54) is 18.1 Å². The Morgan fingerprint density at radius 1 is 1.50 bits per heavy atom. The van der Waals surface area contributed by atoms with E-state index in [0.29, 0.717) is 26.2 Å². The number of esters is 1. The summed E-state index contributed by atoms with van der Waals surface area (Å²) in [7, 11) is 0. The summed E-state index contributed by atoms with van der Waals surface area (Å²) in [6, 6.07) is 4.87. The first kappa shape index (κ1) is 14.6. The van der Waals surface area contributed by atoms with E-state index in [2.05, 4.69) is 9.97 Å². The molecule has 1 heterocycles. The molecule has 5 nitrogen and oxygen atoms in total. The number of carbonyl (C=O) groups is 1. The van der Waals surface area contributed by atoms with E-state index < -0.39 is 5.97 Å². The van der Waals surface area contributed by atoms with Gasteiger partial charge in [-0.15, -0.1) is 0 Å². The predicted octanol–water partition coefficient (Wildman–Crippen LogP) is 3.04. The largest absolute Gasteiger partial charge is 0.462 e. The van der Waals surface area contributed by atoms with Crippen LogP contribution in [0.3, 0.4) is 0 Å². The molecule has 0 saturated carbocycles. The summed E-state index contributed by atoms with van der Waals surface area (Å²) in [4.78, 5) is 20.5. The van der Waals surface area contributed by atoms with E-state index in [-0.39, 0.29) is 6.61 Å². The number of halogens is 1. The lowest BCUT2D eigenvalue weighted by molar-refractivity contribution is 0.0522. The normalized spacial score (nSPS) is 10.3. The minimum absolute atomic E-state index is 0.281. The van der Waals surface area contributed by atoms with Crippen LogP contribution in [0.5, 0.6) is 0 Å². The van der Waals surface area contributed by atoms with E-state index in [0.717, 1.165) is 0 Å². The average Bonchev–Trinajstić information content (AvgIpc) is 2.43. The third-order valence-corrected chi connectivity index (χ3v) is 3.83. The van der Waals surface area contributed by atoms with Gasteiger partial charge < -0.3 is 10.5 Å². The highest BCUT2D eigenvalue weighted by molar-refractivity contribution is 7.99. The molecule has 0 unspecified atom stereocenters. The third kappa shape index (κ3) is 3.40. The van der Waals surface area contributed by atoms with Gasteiger partial charge >= 0.3 is 5.97 Å². The highest BCUT2D eigenvalue weighted by Crippen LogP contribution is 2.36. The van der Waals surface area contributed by atoms with Gasteiger partial charge in [-0.25, -0.2) is 14.8 Å². The van der Waals surface area contributed by atoms with Crippen molar-refractivity contribution >= 4 is 35.0 Å². The second kappa shape index (κ2) is 6.58. The number of carbonyl (C=O) groups excluding carboxylic acids is 1. The average molecular weight is 310 g/mol. The van der Waals surface area contributed by atoms with E-state index in [1.54, 1.807) is 31.3 Å². The van der Waals surface area contributed by atoms with Crippen LogP contribution in [-0.4, -0.2) is 22.5 Å². The molecule has 0 spiro atoms. The number of hydrogen-bond acceptors (Lipinski definition) is 6. The van der Waals surface area contributed by atoms with Gasteiger partial charge in [-0.1, -0.05) is 23.4 Å². The summed E-state index contributed by atoms with van der Waals surface area (Å²) in [6.45, 7) is 2.02. The first-order valence-electron chi connectivity index (χ1n) is 5.81. The molecule has 0 bridgehead atoms. The van der Waals surface area contributed by atoms with Crippen molar-refractivity contribution < 1.29 is 9.53 Å². The quantitative estimate of drug-likeness (QED) is 0.531. The van der Waals surface area contributed by atoms with Gasteiger partial charge in [-0.3, -0.25) is 0 Å². The third-order valence-electron chi connectivity index (χ3n) is 2.32. The number of ether oxygens (including phenoxy) is 1. The highest BCUT2D eigenvalue weighted by atomic mass is 35.5. The molecule has 2 rings (SSSR count). The Labute approximate surface area is 125 Å². The van der Waals surface area contributed by atoms with Crippen molar-refractivity contribution in [2.75, 3.05) is 12.3 Å². The van der Waals surface area contributed by atoms with Gasteiger partial charge in [0.05, 0.1) is 17.2 Å². The van der Waals surface area contributed by atoms with Crippen molar-refractivity contribution in [1.82, 2.24) is 9.97 Å². The van der Waals surface area contributed by atoms with Crippen LogP contribution in [-0.2, 0) is 4.74 Å². The first-order valence-corrected chi connectivity index (χ1v) is 7.01. The van der Waals surface area contributed by atoms with Crippen molar-refractivity contribution in [1.29, 1.82) is 0 Å². The van der Waals surface area contributed by atoms with Gasteiger partial charge in [0, 0.05) is 16.8 Å². The van der Waals surface area contributed by atoms with Crippen molar-refractivity contribution in [3.05, 3.63) is 41.3 Å². The Morgan fingerprint density at radius 2 is 2.30 bits per heavy atom. The van der Waals surface area contributed by atoms with E-state index >= 15 is 0 Å².